The Morgan fingerprint density at radius 3 is 1.53 bits per heavy atom. The van der Waals surface area contributed by atoms with Crippen molar-refractivity contribution in [3.05, 3.63) is 142 Å². The van der Waals surface area contributed by atoms with E-state index in [9.17, 15) is 0 Å². The Morgan fingerprint density at radius 1 is 0.493 bits per heavy atom. The van der Waals surface area contributed by atoms with Crippen LogP contribution in [0, 0.1) is 6.92 Å². The zero-order chi connectivity index (χ0) is 53.7. The normalized spacial score (nSPS) is 20.2. The van der Waals surface area contributed by atoms with E-state index in [2.05, 4.69) is 237 Å². The first-order chi connectivity index (χ1) is 34.8. The summed E-state index contributed by atoms with van der Waals surface area (Å²) in [5.74, 6) is 0. The molecule has 75 heavy (non-hydrogen) atoms. The molecule has 3 nitrogen and oxygen atoms in total. The van der Waals surface area contributed by atoms with E-state index < -0.39 is 8.07 Å². The van der Waals surface area contributed by atoms with Crippen molar-refractivity contribution in [3.63, 3.8) is 0 Å². The van der Waals surface area contributed by atoms with Gasteiger partial charge in [-0.25, -0.2) is 0 Å². The van der Waals surface area contributed by atoms with Crippen molar-refractivity contribution in [3.8, 4) is 11.1 Å². The predicted molar refractivity (Wildman–Crippen MR) is 328 cm³/mol. The first-order valence-corrected chi connectivity index (χ1v) is 32.2. The summed E-state index contributed by atoms with van der Waals surface area (Å²) < 4.78 is 7.61. The molecule has 0 N–H and O–H groups in total. The molecule has 0 unspecified atom stereocenters. The molecule has 12 rings (SSSR count). The number of rotatable bonds is 4. The third-order valence-electron chi connectivity index (χ3n) is 20.0. The molecule has 0 bridgehead atoms. The molecule has 388 valence electrons. The van der Waals surface area contributed by atoms with E-state index in [1.165, 1.54) is 124 Å². The van der Waals surface area contributed by atoms with Crippen molar-refractivity contribution >= 4 is 81.7 Å². The maximum Gasteiger partial charge on any atom is 0.297 e. The van der Waals surface area contributed by atoms with E-state index in [1.54, 1.807) is 0 Å². The summed E-state index contributed by atoms with van der Waals surface area (Å²) >= 11 is 0. The summed E-state index contributed by atoms with van der Waals surface area (Å²) in [5, 5.41) is 2.68. The molecule has 6 aromatic carbocycles. The molecule has 5 heteroatoms. The Morgan fingerprint density at radius 2 is 0.987 bits per heavy atom. The van der Waals surface area contributed by atoms with Crippen molar-refractivity contribution in [1.29, 1.82) is 0 Å². The van der Waals surface area contributed by atoms with Gasteiger partial charge in [0.15, 0.2) is 0 Å². The van der Waals surface area contributed by atoms with Gasteiger partial charge in [-0.2, -0.15) is 0 Å². The highest BCUT2D eigenvalue weighted by atomic mass is 28.3. The van der Waals surface area contributed by atoms with Crippen LogP contribution in [-0.4, -0.2) is 14.8 Å². The Bertz CT molecular complexity index is 3550. The summed E-state index contributed by atoms with van der Waals surface area (Å²) in [6.07, 6.45) is 6.97. The van der Waals surface area contributed by atoms with Gasteiger partial charge in [0.25, 0.3) is 6.71 Å². The van der Waals surface area contributed by atoms with Crippen LogP contribution in [-0.2, 0) is 37.9 Å². The van der Waals surface area contributed by atoms with Gasteiger partial charge in [0.1, 0.15) is 5.58 Å². The van der Waals surface area contributed by atoms with Crippen molar-refractivity contribution in [1.82, 2.24) is 0 Å². The summed E-state index contributed by atoms with van der Waals surface area (Å²) in [4.78, 5) is 5.41. The van der Waals surface area contributed by atoms with Gasteiger partial charge in [-0.15, -0.1) is 0 Å². The van der Waals surface area contributed by atoms with E-state index >= 15 is 0 Å². The van der Waals surface area contributed by atoms with E-state index in [1.807, 2.05) is 0 Å². The largest absolute Gasteiger partial charge is 0.468 e. The van der Waals surface area contributed by atoms with Gasteiger partial charge in [-0.3, -0.25) is 0 Å². The zero-order valence-electron chi connectivity index (χ0n) is 49.4. The van der Waals surface area contributed by atoms with Gasteiger partial charge in [0.2, 0.25) is 0 Å². The van der Waals surface area contributed by atoms with E-state index in [-0.39, 0.29) is 44.6 Å². The predicted octanol–water partition coefficient (Wildman–Crippen LogP) is 17.4. The molecule has 3 aliphatic carbocycles. The monoisotopic (exact) mass is 1010 g/mol. The minimum atomic E-state index is -1.56. The van der Waals surface area contributed by atoms with Crippen LogP contribution in [0.1, 0.15) is 187 Å². The smallest absolute Gasteiger partial charge is 0.297 e. The van der Waals surface area contributed by atoms with Crippen LogP contribution < -0.4 is 31.6 Å². The van der Waals surface area contributed by atoms with Crippen LogP contribution in [0.5, 0.6) is 0 Å². The molecule has 0 spiro atoms. The van der Waals surface area contributed by atoms with Gasteiger partial charge in [-0.1, -0.05) is 171 Å². The van der Waals surface area contributed by atoms with E-state index in [0.717, 1.165) is 36.9 Å². The fourth-order valence-electron chi connectivity index (χ4n) is 14.6. The molecule has 0 radical (unpaired) electrons. The molecule has 2 aliphatic heterocycles. The van der Waals surface area contributed by atoms with Crippen molar-refractivity contribution in [2.75, 3.05) is 9.80 Å². The minimum Gasteiger partial charge on any atom is -0.468 e. The summed E-state index contributed by atoms with van der Waals surface area (Å²) in [7, 11) is -1.56. The van der Waals surface area contributed by atoms with Crippen LogP contribution in [0.3, 0.4) is 0 Å². The Balaban J connectivity index is 1.23. The second-order valence-electron chi connectivity index (χ2n) is 30.3. The Labute approximate surface area is 453 Å². The average molecular weight is 1010 g/mol. The number of furan rings is 1. The third-order valence-corrected chi connectivity index (χ3v) is 22.1. The maximum absolute atomic E-state index is 7.61. The van der Waals surface area contributed by atoms with Gasteiger partial charge >= 0.3 is 0 Å². The minimum absolute atomic E-state index is 0.00695. The molecule has 0 atom stereocenters. The van der Waals surface area contributed by atoms with Crippen LogP contribution in [0.2, 0.25) is 19.6 Å². The third kappa shape index (κ3) is 7.68. The van der Waals surface area contributed by atoms with Gasteiger partial charge in [0.05, 0.1) is 25.1 Å². The number of hydrogen-bond donors (Lipinski definition) is 0. The highest BCUT2D eigenvalue weighted by molar-refractivity contribution is 7.00. The fourth-order valence-corrected chi connectivity index (χ4v) is 15.7. The zero-order valence-corrected chi connectivity index (χ0v) is 50.4. The molecule has 0 saturated carbocycles. The van der Waals surface area contributed by atoms with Gasteiger partial charge < -0.3 is 14.2 Å². The average Bonchev–Trinajstić information content (AvgIpc) is 3.77. The molecule has 5 aliphatic rings. The first-order valence-electron chi connectivity index (χ1n) is 28.7. The van der Waals surface area contributed by atoms with Gasteiger partial charge in [-0.05, 0) is 199 Å². The summed E-state index contributed by atoms with van der Waals surface area (Å²) in [6, 6.07) is 40.0. The van der Waals surface area contributed by atoms with Crippen molar-refractivity contribution < 1.29 is 4.42 Å². The summed E-state index contributed by atoms with van der Waals surface area (Å²) in [5.41, 5.74) is 26.4. The number of nitrogens with zero attached hydrogens (tertiary/aromatic N) is 2. The maximum atomic E-state index is 7.61. The molecule has 0 fully saturated rings. The summed E-state index contributed by atoms with van der Waals surface area (Å²) in [6.45, 7) is 46.4. The topological polar surface area (TPSA) is 19.6 Å². The first kappa shape index (κ1) is 50.6. The van der Waals surface area contributed by atoms with Crippen molar-refractivity contribution in [2.45, 2.75) is 207 Å². The van der Waals surface area contributed by atoms with Crippen molar-refractivity contribution in [2.24, 2.45) is 0 Å². The second kappa shape index (κ2) is 15.9. The molecule has 3 heterocycles. The lowest BCUT2D eigenvalue weighted by molar-refractivity contribution is 0.332. The van der Waals surface area contributed by atoms with E-state index in [4.69, 9.17) is 4.42 Å². The van der Waals surface area contributed by atoms with E-state index in [0.29, 0.717) is 0 Å². The Kier molecular flexibility index (Phi) is 10.7. The molecule has 0 saturated heterocycles. The number of fused-ring (bicyclic) bond motifs is 9. The number of benzene rings is 6. The second-order valence-corrected chi connectivity index (χ2v) is 35.4. The highest BCUT2D eigenvalue weighted by Gasteiger charge is 2.50. The number of anilines is 6. The quantitative estimate of drug-likeness (QED) is 0.164. The lowest BCUT2D eigenvalue weighted by Crippen LogP contribution is -2.61. The SMILES string of the molecule is Cc1cc2c3c(c1)N(c1ccc4c(c1)C(C)(C)CCC4(C)C)c1c(oc4ccc(C(C)(C)C)cc14)B3c1cc3c(cc1N2c1cc2c(cc1-c1ccc([Si](C)(C)C)cc1)C(C)(C)CCC2(C)C)C(C)(C)CCC3(C)C. The molecular formula is C70H85BN2OSi. The highest BCUT2D eigenvalue weighted by Crippen LogP contribution is 2.56. The van der Waals surface area contributed by atoms with Gasteiger partial charge in [0, 0.05) is 33.7 Å². The number of aryl methyl sites for hydroxylation is 1. The molecule has 1 aromatic heterocycles. The lowest BCUT2D eigenvalue weighted by Gasteiger charge is -2.48. The van der Waals surface area contributed by atoms with Crippen LogP contribution in [0.25, 0.3) is 22.1 Å². The van der Waals surface area contributed by atoms with Crippen LogP contribution in [0.4, 0.5) is 34.1 Å². The number of hydrogen-bond acceptors (Lipinski definition) is 3. The molecule has 7 aromatic rings. The molecule has 0 amide bonds. The lowest BCUT2D eigenvalue weighted by atomic mass is 9.35. The molecular weight excluding hydrogens is 924 g/mol. The standard InChI is InChI=1S/C70H85BN2OSi/c1-42-34-58-61-59(35-42)73(56-40-53-51(67(9,10)30-32-69(53,13)14)38-47(56)43-20-24-46(25-21-43)75(17,18)19)57-41-54-52(68(11,12)31-33-70(54,15)16)39-55(57)71(61)63-62(48-36-44(64(2,3)4)22-27-60(48)74-63)72(58)45-23-26-49-50(37-45)66(7,8)29-28-65(49,5)6/h20-27,34-41H,28-33H2,1-19H3. The Hall–Kier alpha value is -5.26. The van der Waals surface area contributed by atoms with Crippen LogP contribution in [0.15, 0.2) is 101 Å². The van der Waals surface area contributed by atoms with Crippen LogP contribution >= 0.6 is 0 Å². The fraction of sp³-hybridized carbons (Fsp3) is 0.457.